The van der Waals surface area contributed by atoms with Crippen molar-refractivity contribution in [2.75, 3.05) is 11.4 Å². The van der Waals surface area contributed by atoms with Crippen molar-refractivity contribution in [3.05, 3.63) is 23.4 Å². The predicted octanol–water partition coefficient (Wildman–Crippen LogP) is 2.29. The molecule has 3 nitrogen and oxygen atoms in total. The second-order valence-electron chi connectivity index (χ2n) is 4.70. The standard InChI is InChI=1S/C13H18N2O/c1-5-9-7-8-10-11(14-9)15(6-2)12(16)13(10,3)4/h7-8H,5-6H2,1-4H3. The lowest BCUT2D eigenvalue weighted by Crippen LogP contribution is -2.36. The highest BCUT2D eigenvalue weighted by Gasteiger charge is 2.44. The summed E-state index contributed by atoms with van der Waals surface area (Å²) in [5.74, 6) is 1.02. The lowest BCUT2D eigenvalue weighted by atomic mass is 9.87. The van der Waals surface area contributed by atoms with E-state index in [1.54, 1.807) is 4.90 Å². The first-order valence-electron chi connectivity index (χ1n) is 5.84. The molecule has 16 heavy (non-hydrogen) atoms. The van der Waals surface area contributed by atoms with E-state index in [2.05, 4.69) is 18.0 Å². The first-order chi connectivity index (χ1) is 7.52. The predicted molar refractivity (Wildman–Crippen MR) is 64.7 cm³/mol. The molecule has 3 heteroatoms. The van der Waals surface area contributed by atoms with Gasteiger partial charge in [0.25, 0.3) is 0 Å². The highest BCUT2D eigenvalue weighted by atomic mass is 16.2. The Morgan fingerprint density at radius 1 is 1.31 bits per heavy atom. The van der Waals surface area contributed by atoms with Crippen LogP contribution < -0.4 is 4.90 Å². The zero-order valence-corrected chi connectivity index (χ0v) is 10.4. The summed E-state index contributed by atoms with van der Waals surface area (Å²) >= 11 is 0. The Morgan fingerprint density at radius 2 is 2.00 bits per heavy atom. The molecule has 0 saturated carbocycles. The van der Waals surface area contributed by atoms with Crippen molar-refractivity contribution in [1.29, 1.82) is 0 Å². The Morgan fingerprint density at radius 3 is 2.56 bits per heavy atom. The van der Waals surface area contributed by atoms with Crippen LogP contribution in [0.5, 0.6) is 0 Å². The molecule has 1 aromatic heterocycles. The topological polar surface area (TPSA) is 33.2 Å². The summed E-state index contributed by atoms with van der Waals surface area (Å²) in [6.45, 7) is 8.69. The molecular formula is C13H18N2O. The van der Waals surface area contributed by atoms with E-state index in [0.717, 1.165) is 23.5 Å². The molecule has 0 atom stereocenters. The molecule has 1 amide bonds. The van der Waals surface area contributed by atoms with Crippen LogP contribution in [0.4, 0.5) is 5.82 Å². The van der Waals surface area contributed by atoms with Crippen LogP contribution in [0.15, 0.2) is 12.1 Å². The lowest BCUT2D eigenvalue weighted by molar-refractivity contribution is -0.122. The van der Waals surface area contributed by atoms with Gasteiger partial charge in [0.15, 0.2) is 0 Å². The molecule has 0 unspecified atom stereocenters. The van der Waals surface area contributed by atoms with Gasteiger partial charge in [-0.3, -0.25) is 9.69 Å². The number of aromatic nitrogens is 1. The van der Waals surface area contributed by atoms with Crippen molar-refractivity contribution in [1.82, 2.24) is 4.98 Å². The highest BCUT2D eigenvalue weighted by molar-refractivity contribution is 6.06. The minimum Gasteiger partial charge on any atom is -0.296 e. The van der Waals surface area contributed by atoms with Crippen molar-refractivity contribution in [2.24, 2.45) is 0 Å². The van der Waals surface area contributed by atoms with Gasteiger partial charge in [0.2, 0.25) is 5.91 Å². The average Bonchev–Trinajstić information content (AvgIpc) is 2.47. The van der Waals surface area contributed by atoms with Crippen LogP contribution in [0, 0.1) is 0 Å². The molecule has 1 aliphatic heterocycles. The SMILES string of the molecule is CCc1ccc2c(n1)N(CC)C(=O)C2(C)C. The van der Waals surface area contributed by atoms with Crippen molar-refractivity contribution in [3.63, 3.8) is 0 Å². The van der Waals surface area contributed by atoms with Crippen LogP contribution in [0.3, 0.4) is 0 Å². The van der Waals surface area contributed by atoms with E-state index < -0.39 is 5.41 Å². The number of pyridine rings is 1. The van der Waals surface area contributed by atoms with E-state index in [1.807, 2.05) is 26.8 Å². The van der Waals surface area contributed by atoms with Gasteiger partial charge < -0.3 is 0 Å². The number of carbonyl (C=O) groups is 1. The molecule has 1 aromatic rings. The maximum atomic E-state index is 12.2. The number of carbonyl (C=O) groups excluding carboxylic acids is 1. The molecule has 0 aromatic carbocycles. The second-order valence-corrected chi connectivity index (χ2v) is 4.70. The quantitative estimate of drug-likeness (QED) is 0.763. The van der Waals surface area contributed by atoms with Gasteiger partial charge in [-0.2, -0.15) is 0 Å². The third kappa shape index (κ3) is 1.34. The van der Waals surface area contributed by atoms with Crippen molar-refractivity contribution < 1.29 is 4.79 Å². The fraction of sp³-hybridized carbons (Fsp3) is 0.538. The van der Waals surface area contributed by atoms with Gasteiger partial charge in [-0.25, -0.2) is 4.98 Å². The van der Waals surface area contributed by atoms with Gasteiger partial charge in [0, 0.05) is 17.8 Å². The Balaban J connectivity index is 2.60. The van der Waals surface area contributed by atoms with Crippen LogP contribution in [-0.2, 0) is 16.6 Å². The molecule has 1 aliphatic rings. The minimum absolute atomic E-state index is 0.158. The molecule has 86 valence electrons. The van der Waals surface area contributed by atoms with Gasteiger partial charge in [-0.05, 0) is 33.3 Å². The summed E-state index contributed by atoms with van der Waals surface area (Å²) in [5, 5.41) is 0. The Bertz CT molecular complexity index is 438. The minimum atomic E-state index is -0.426. The monoisotopic (exact) mass is 218 g/mol. The molecule has 0 spiro atoms. The molecule has 0 saturated heterocycles. The Hall–Kier alpha value is -1.38. The Labute approximate surface area is 96.5 Å². The van der Waals surface area contributed by atoms with E-state index in [-0.39, 0.29) is 5.91 Å². The van der Waals surface area contributed by atoms with Gasteiger partial charge in [-0.15, -0.1) is 0 Å². The summed E-state index contributed by atoms with van der Waals surface area (Å²) < 4.78 is 0. The number of hydrogen-bond acceptors (Lipinski definition) is 2. The number of fused-ring (bicyclic) bond motifs is 1. The highest BCUT2D eigenvalue weighted by Crippen LogP contribution is 2.39. The van der Waals surface area contributed by atoms with Crippen LogP contribution in [-0.4, -0.2) is 17.4 Å². The molecule has 2 rings (SSSR count). The summed E-state index contributed by atoms with van der Waals surface area (Å²) in [4.78, 5) is 18.6. The number of likely N-dealkylation sites (N-methyl/N-ethyl adjacent to an activating group) is 1. The van der Waals surface area contributed by atoms with Crippen molar-refractivity contribution >= 4 is 11.7 Å². The zero-order chi connectivity index (χ0) is 11.9. The van der Waals surface area contributed by atoms with Gasteiger partial charge in [0.05, 0.1) is 5.41 Å². The first-order valence-corrected chi connectivity index (χ1v) is 5.84. The summed E-state index contributed by atoms with van der Waals surface area (Å²) in [6.07, 6.45) is 0.902. The zero-order valence-electron chi connectivity index (χ0n) is 10.4. The van der Waals surface area contributed by atoms with Crippen LogP contribution in [0.1, 0.15) is 39.0 Å². The average molecular weight is 218 g/mol. The number of amides is 1. The smallest absolute Gasteiger partial charge is 0.238 e. The largest absolute Gasteiger partial charge is 0.296 e. The molecule has 0 fully saturated rings. The van der Waals surface area contributed by atoms with Crippen LogP contribution in [0.25, 0.3) is 0 Å². The summed E-state index contributed by atoms with van der Waals surface area (Å²) in [6, 6.07) is 4.07. The third-order valence-electron chi connectivity index (χ3n) is 3.32. The molecular weight excluding hydrogens is 200 g/mol. The van der Waals surface area contributed by atoms with Crippen LogP contribution >= 0.6 is 0 Å². The maximum absolute atomic E-state index is 12.2. The third-order valence-corrected chi connectivity index (χ3v) is 3.32. The van der Waals surface area contributed by atoms with Gasteiger partial charge in [0.1, 0.15) is 5.82 Å². The number of hydrogen-bond donors (Lipinski definition) is 0. The fourth-order valence-corrected chi connectivity index (χ4v) is 2.22. The molecule has 0 aliphatic carbocycles. The molecule has 0 bridgehead atoms. The van der Waals surface area contributed by atoms with E-state index in [0.29, 0.717) is 6.54 Å². The number of aryl methyl sites for hydroxylation is 1. The second kappa shape index (κ2) is 3.58. The summed E-state index contributed by atoms with van der Waals surface area (Å²) in [7, 11) is 0. The normalized spacial score (nSPS) is 17.8. The number of nitrogens with zero attached hydrogens (tertiary/aromatic N) is 2. The van der Waals surface area contributed by atoms with Crippen molar-refractivity contribution in [2.45, 2.75) is 39.5 Å². The van der Waals surface area contributed by atoms with E-state index in [1.165, 1.54) is 0 Å². The van der Waals surface area contributed by atoms with Gasteiger partial charge >= 0.3 is 0 Å². The van der Waals surface area contributed by atoms with E-state index >= 15 is 0 Å². The Kier molecular flexibility index (Phi) is 2.49. The van der Waals surface area contributed by atoms with E-state index in [9.17, 15) is 4.79 Å². The number of anilines is 1. The maximum Gasteiger partial charge on any atom is 0.238 e. The lowest BCUT2D eigenvalue weighted by Gasteiger charge is -2.17. The fourth-order valence-electron chi connectivity index (χ4n) is 2.22. The molecule has 0 N–H and O–H groups in total. The van der Waals surface area contributed by atoms with E-state index in [4.69, 9.17) is 0 Å². The molecule has 2 heterocycles. The van der Waals surface area contributed by atoms with Gasteiger partial charge in [-0.1, -0.05) is 13.0 Å². The summed E-state index contributed by atoms with van der Waals surface area (Å²) in [5.41, 5.74) is 1.67. The van der Waals surface area contributed by atoms with Crippen molar-refractivity contribution in [3.8, 4) is 0 Å². The molecule has 0 radical (unpaired) electrons. The van der Waals surface area contributed by atoms with Crippen LogP contribution in [0.2, 0.25) is 0 Å². The number of rotatable bonds is 2. The first kappa shape index (κ1) is 11.1.